The maximum absolute atomic E-state index is 11.3. The van der Waals surface area contributed by atoms with Crippen molar-refractivity contribution < 1.29 is 14.7 Å². The summed E-state index contributed by atoms with van der Waals surface area (Å²) in [5, 5.41) is 9.97. The summed E-state index contributed by atoms with van der Waals surface area (Å²) in [7, 11) is 3.38. The summed E-state index contributed by atoms with van der Waals surface area (Å²) in [6.45, 7) is 0. The van der Waals surface area contributed by atoms with Gasteiger partial charge in [0.2, 0.25) is 6.41 Å². The molecule has 7 nitrogen and oxygen atoms in total. The van der Waals surface area contributed by atoms with Crippen molar-refractivity contribution in [1.82, 2.24) is 19.4 Å². The number of nitrogens with zero attached hydrogens (tertiary/aromatic N) is 4. The molecule has 0 spiro atoms. The first-order valence-corrected chi connectivity index (χ1v) is 6.76. The van der Waals surface area contributed by atoms with E-state index >= 15 is 0 Å². The van der Waals surface area contributed by atoms with E-state index in [9.17, 15) is 14.7 Å². The highest BCUT2D eigenvalue weighted by atomic mass is 16.4. The van der Waals surface area contributed by atoms with E-state index in [0.717, 1.165) is 12.1 Å². The third-order valence-electron chi connectivity index (χ3n) is 2.91. The van der Waals surface area contributed by atoms with E-state index in [4.69, 9.17) is 0 Å². The van der Waals surface area contributed by atoms with Gasteiger partial charge in [-0.3, -0.25) is 9.36 Å². The monoisotopic (exact) mass is 312 g/mol. The molecule has 23 heavy (non-hydrogen) atoms. The largest absolute Gasteiger partial charge is 0.477 e. The third kappa shape index (κ3) is 3.70. The average Bonchev–Trinajstić information content (AvgIpc) is 2.96. The second-order valence-corrected chi connectivity index (χ2v) is 4.88. The Balaban J connectivity index is 0.000000338. The van der Waals surface area contributed by atoms with Crippen LogP contribution in [0.1, 0.15) is 10.5 Å². The van der Waals surface area contributed by atoms with Gasteiger partial charge in [0.1, 0.15) is 17.7 Å². The third-order valence-corrected chi connectivity index (χ3v) is 2.91. The number of aromatic nitrogens is 3. The number of rotatable bonds is 3. The molecule has 0 aliphatic carbocycles. The van der Waals surface area contributed by atoms with Gasteiger partial charge < -0.3 is 10.0 Å². The average molecular weight is 312 g/mol. The summed E-state index contributed by atoms with van der Waals surface area (Å²) in [5.41, 5.74) is 1.54. The summed E-state index contributed by atoms with van der Waals surface area (Å²) in [6, 6.07) is 10.8. The van der Waals surface area contributed by atoms with Crippen molar-refractivity contribution in [2.45, 2.75) is 0 Å². The lowest BCUT2D eigenvalue weighted by atomic mass is 10.3. The number of carbonyl (C=O) groups excluding carboxylic acids is 1. The van der Waals surface area contributed by atoms with Crippen molar-refractivity contribution in [2.24, 2.45) is 0 Å². The van der Waals surface area contributed by atoms with E-state index in [1.54, 1.807) is 30.9 Å². The number of benzene rings is 1. The molecule has 2 aromatic heterocycles. The molecule has 1 aromatic carbocycles. The molecule has 0 unspecified atom stereocenters. The molecule has 118 valence electrons. The van der Waals surface area contributed by atoms with Crippen LogP contribution in [0.5, 0.6) is 0 Å². The second-order valence-electron chi connectivity index (χ2n) is 4.88. The normalized spacial score (nSPS) is 9.83. The van der Waals surface area contributed by atoms with E-state index in [2.05, 4.69) is 9.97 Å². The molecular formula is C16H16N4O3. The highest BCUT2D eigenvalue weighted by Crippen LogP contribution is 2.21. The molecule has 7 heteroatoms. The smallest absolute Gasteiger partial charge is 0.352 e. The number of hydrogen-bond donors (Lipinski definition) is 1. The minimum atomic E-state index is -0.989. The fraction of sp³-hybridized carbons (Fsp3) is 0.125. The van der Waals surface area contributed by atoms with Crippen LogP contribution in [-0.4, -0.2) is 51.0 Å². The van der Waals surface area contributed by atoms with Gasteiger partial charge in [0.15, 0.2) is 0 Å². The minimum absolute atomic E-state index is 0.178. The maximum Gasteiger partial charge on any atom is 0.352 e. The SMILES string of the molecule is CN(C)C=O.O=C(O)c1cc2cncnc2n1-c1ccccc1. The van der Waals surface area contributed by atoms with Gasteiger partial charge in [0.05, 0.1) is 0 Å². The van der Waals surface area contributed by atoms with Gasteiger partial charge in [-0.15, -0.1) is 0 Å². The summed E-state index contributed by atoms with van der Waals surface area (Å²) in [4.78, 5) is 30.2. The molecule has 2 heterocycles. The van der Waals surface area contributed by atoms with Gasteiger partial charge in [-0.25, -0.2) is 14.8 Å². The highest BCUT2D eigenvalue weighted by Gasteiger charge is 2.16. The lowest BCUT2D eigenvalue weighted by Gasteiger charge is -2.06. The fourth-order valence-electron chi connectivity index (χ4n) is 1.94. The van der Waals surface area contributed by atoms with Gasteiger partial charge in [-0.05, 0) is 18.2 Å². The van der Waals surface area contributed by atoms with E-state index < -0.39 is 5.97 Å². The summed E-state index contributed by atoms with van der Waals surface area (Å²) < 4.78 is 1.61. The van der Waals surface area contributed by atoms with Crippen LogP contribution < -0.4 is 0 Å². The van der Waals surface area contributed by atoms with Crippen LogP contribution in [0.15, 0.2) is 48.9 Å². The molecule has 0 aliphatic rings. The number of carbonyl (C=O) groups is 2. The number of amides is 1. The fourth-order valence-corrected chi connectivity index (χ4v) is 1.94. The number of para-hydroxylation sites is 1. The molecule has 0 aliphatic heterocycles. The maximum atomic E-state index is 11.3. The summed E-state index contributed by atoms with van der Waals surface area (Å²) in [5.74, 6) is -0.989. The quantitative estimate of drug-likeness (QED) is 0.745. The molecule has 1 N–H and O–H groups in total. The molecule has 0 fully saturated rings. The van der Waals surface area contributed by atoms with E-state index in [1.165, 1.54) is 11.2 Å². The second kappa shape index (κ2) is 7.17. The Labute approximate surface area is 132 Å². The molecular weight excluding hydrogens is 296 g/mol. The lowest BCUT2D eigenvalue weighted by Crippen LogP contribution is -2.06. The minimum Gasteiger partial charge on any atom is -0.477 e. The predicted molar refractivity (Wildman–Crippen MR) is 85.6 cm³/mol. The number of carboxylic acids is 1. The van der Waals surface area contributed by atoms with E-state index in [1.807, 2.05) is 30.3 Å². The Morgan fingerprint density at radius 3 is 2.48 bits per heavy atom. The van der Waals surface area contributed by atoms with Crippen LogP contribution in [0, 0.1) is 0 Å². The zero-order chi connectivity index (χ0) is 16.8. The number of carboxylic acid groups (broad SMARTS) is 1. The van der Waals surface area contributed by atoms with Crippen molar-refractivity contribution in [3.8, 4) is 5.69 Å². The van der Waals surface area contributed by atoms with Crippen molar-refractivity contribution in [3.63, 3.8) is 0 Å². The molecule has 0 saturated carbocycles. The van der Waals surface area contributed by atoms with Crippen LogP contribution >= 0.6 is 0 Å². The van der Waals surface area contributed by atoms with Gasteiger partial charge in [-0.2, -0.15) is 0 Å². The zero-order valence-corrected chi connectivity index (χ0v) is 12.7. The molecule has 1 amide bonds. The zero-order valence-electron chi connectivity index (χ0n) is 12.7. The Bertz CT molecular complexity index is 813. The van der Waals surface area contributed by atoms with Gasteiger partial charge in [0.25, 0.3) is 0 Å². The Morgan fingerprint density at radius 1 is 1.26 bits per heavy atom. The standard InChI is InChI=1S/C13H9N3O2.C3H7NO/c17-13(18)11-6-9-7-14-8-15-12(9)16(11)10-4-2-1-3-5-10;1-4(2)3-5/h1-8H,(H,17,18);3H,1-2H3. The van der Waals surface area contributed by atoms with Gasteiger partial charge in [0, 0.05) is 31.4 Å². The molecule has 0 bridgehead atoms. The van der Waals surface area contributed by atoms with Gasteiger partial charge >= 0.3 is 5.97 Å². The summed E-state index contributed by atoms with van der Waals surface area (Å²) >= 11 is 0. The van der Waals surface area contributed by atoms with E-state index in [0.29, 0.717) is 11.0 Å². The molecule has 3 aromatic rings. The van der Waals surface area contributed by atoms with Crippen LogP contribution in [0.2, 0.25) is 0 Å². The predicted octanol–water partition coefficient (Wildman–Crippen LogP) is 1.82. The van der Waals surface area contributed by atoms with Crippen molar-refractivity contribution >= 4 is 23.4 Å². The molecule has 0 radical (unpaired) electrons. The number of fused-ring (bicyclic) bond motifs is 1. The van der Waals surface area contributed by atoms with Crippen molar-refractivity contribution in [3.05, 3.63) is 54.6 Å². The first kappa shape index (κ1) is 16.2. The Morgan fingerprint density at radius 2 is 1.91 bits per heavy atom. The Hall–Kier alpha value is -3.22. The van der Waals surface area contributed by atoms with Crippen molar-refractivity contribution in [1.29, 1.82) is 0 Å². The Kier molecular flexibility index (Phi) is 5.03. The highest BCUT2D eigenvalue weighted by molar-refractivity contribution is 5.94. The lowest BCUT2D eigenvalue weighted by molar-refractivity contribution is -0.115. The van der Waals surface area contributed by atoms with Crippen LogP contribution in [0.4, 0.5) is 0 Å². The van der Waals surface area contributed by atoms with E-state index in [-0.39, 0.29) is 5.69 Å². The van der Waals surface area contributed by atoms with Crippen molar-refractivity contribution in [2.75, 3.05) is 14.1 Å². The van der Waals surface area contributed by atoms with Crippen LogP contribution in [0.25, 0.3) is 16.7 Å². The topological polar surface area (TPSA) is 88.3 Å². The first-order valence-electron chi connectivity index (χ1n) is 6.76. The van der Waals surface area contributed by atoms with Crippen LogP contribution in [0.3, 0.4) is 0 Å². The van der Waals surface area contributed by atoms with Crippen LogP contribution in [-0.2, 0) is 4.79 Å². The number of hydrogen-bond acceptors (Lipinski definition) is 4. The first-order chi connectivity index (χ1) is 11.0. The summed E-state index contributed by atoms with van der Waals surface area (Å²) in [6.07, 6.45) is 3.77. The molecule has 3 rings (SSSR count). The molecule has 0 atom stereocenters. The molecule has 0 saturated heterocycles. The number of aromatic carboxylic acids is 1. The van der Waals surface area contributed by atoms with Gasteiger partial charge in [-0.1, -0.05) is 18.2 Å².